The molecule has 1 aromatic rings. The van der Waals surface area contributed by atoms with Gasteiger partial charge in [0, 0.05) is 31.9 Å². The minimum absolute atomic E-state index is 0.120. The van der Waals surface area contributed by atoms with Gasteiger partial charge in [0.25, 0.3) is 0 Å². The summed E-state index contributed by atoms with van der Waals surface area (Å²) in [5.41, 5.74) is 0.958. The van der Waals surface area contributed by atoms with E-state index in [1.807, 2.05) is 17.0 Å². The predicted molar refractivity (Wildman–Crippen MR) is 76.0 cm³/mol. The average molecular weight is 289 g/mol. The molecule has 0 unspecified atom stereocenters. The van der Waals surface area contributed by atoms with Gasteiger partial charge in [-0.3, -0.25) is 19.5 Å². The highest BCUT2D eigenvalue weighted by Crippen LogP contribution is 2.04. The third kappa shape index (κ3) is 7.18. The van der Waals surface area contributed by atoms with Crippen LogP contribution in [0.4, 0.5) is 0 Å². The molecule has 0 aliphatic heterocycles. The second-order valence-electron chi connectivity index (χ2n) is 4.50. The Morgan fingerprint density at radius 2 is 2.29 bits per heavy atom. The topological polar surface area (TPSA) is 83.3 Å². The summed E-state index contributed by atoms with van der Waals surface area (Å²) in [4.78, 5) is 29.0. The Hall–Kier alpha value is -2.26. The zero-order valence-corrected chi connectivity index (χ0v) is 12.1. The molecule has 0 spiro atoms. The molecule has 0 atom stereocenters. The smallest absolute Gasteiger partial charge is 0.313 e. The van der Waals surface area contributed by atoms with E-state index in [-0.39, 0.29) is 25.4 Å². The van der Waals surface area contributed by atoms with Gasteiger partial charge in [-0.15, -0.1) is 0 Å². The van der Waals surface area contributed by atoms with E-state index in [0.29, 0.717) is 19.5 Å². The van der Waals surface area contributed by atoms with Crippen molar-refractivity contribution in [2.24, 2.45) is 0 Å². The molecule has 0 N–H and O–H groups in total. The lowest BCUT2D eigenvalue weighted by Crippen LogP contribution is -2.31. The van der Waals surface area contributed by atoms with Crippen LogP contribution >= 0.6 is 0 Å². The van der Waals surface area contributed by atoms with E-state index in [0.717, 1.165) is 5.56 Å². The molecule has 0 aromatic carbocycles. The number of ketones is 1. The van der Waals surface area contributed by atoms with Crippen LogP contribution in [0.15, 0.2) is 24.5 Å². The fourth-order valence-electron chi connectivity index (χ4n) is 1.85. The van der Waals surface area contributed by atoms with Crippen molar-refractivity contribution in [2.45, 2.75) is 26.3 Å². The van der Waals surface area contributed by atoms with Gasteiger partial charge < -0.3 is 4.74 Å². The van der Waals surface area contributed by atoms with E-state index in [1.54, 1.807) is 19.3 Å². The predicted octanol–water partition coefficient (Wildman–Crippen LogP) is 1.32. The van der Waals surface area contributed by atoms with Gasteiger partial charge in [-0.1, -0.05) is 6.07 Å². The standard InChI is InChI=1S/C15H19N3O3/c1-2-21-15(20)9-14(19)12-18(8-4-6-16)11-13-5-3-7-17-10-13/h3,5,7,10H,2,4,8-9,11-12H2,1H3. The summed E-state index contributed by atoms with van der Waals surface area (Å²) < 4.78 is 4.75. The van der Waals surface area contributed by atoms with E-state index in [9.17, 15) is 9.59 Å². The van der Waals surface area contributed by atoms with Crippen LogP contribution in [0, 0.1) is 11.3 Å². The van der Waals surface area contributed by atoms with E-state index >= 15 is 0 Å². The number of Topliss-reactive ketones (excluding diaryl/α,β-unsaturated/α-hetero) is 1. The minimum Gasteiger partial charge on any atom is -0.466 e. The van der Waals surface area contributed by atoms with E-state index in [1.165, 1.54) is 0 Å². The van der Waals surface area contributed by atoms with Gasteiger partial charge in [0.15, 0.2) is 5.78 Å². The molecule has 0 aliphatic rings. The summed E-state index contributed by atoms with van der Waals surface area (Å²) in [6, 6.07) is 5.78. The first-order chi connectivity index (χ1) is 10.2. The Bertz CT molecular complexity index is 497. The molecule has 0 fully saturated rings. The molecule has 0 saturated carbocycles. The maximum atomic E-state index is 11.9. The van der Waals surface area contributed by atoms with Crippen LogP contribution in [-0.4, -0.2) is 41.3 Å². The Morgan fingerprint density at radius 1 is 1.48 bits per heavy atom. The van der Waals surface area contributed by atoms with Crippen molar-refractivity contribution in [3.63, 3.8) is 0 Å². The van der Waals surface area contributed by atoms with Crippen LogP contribution in [0.5, 0.6) is 0 Å². The highest BCUT2D eigenvalue weighted by molar-refractivity contribution is 5.96. The Morgan fingerprint density at radius 3 is 2.90 bits per heavy atom. The van der Waals surface area contributed by atoms with Crippen LogP contribution in [-0.2, 0) is 20.9 Å². The van der Waals surface area contributed by atoms with Crippen LogP contribution < -0.4 is 0 Å². The molecule has 0 amide bonds. The number of carbonyl (C=O) groups excluding carboxylic acids is 2. The van der Waals surface area contributed by atoms with Gasteiger partial charge in [0.05, 0.1) is 19.2 Å². The molecule has 6 heteroatoms. The summed E-state index contributed by atoms with van der Waals surface area (Å²) in [6.07, 6.45) is 3.49. The van der Waals surface area contributed by atoms with Gasteiger partial charge in [-0.25, -0.2) is 0 Å². The number of aromatic nitrogens is 1. The Labute approximate surface area is 124 Å². The maximum Gasteiger partial charge on any atom is 0.313 e. The largest absolute Gasteiger partial charge is 0.466 e. The number of pyridine rings is 1. The molecule has 0 aliphatic carbocycles. The van der Waals surface area contributed by atoms with E-state index < -0.39 is 5.97 Å². The van der Waals surface area contributed by atoms with Crippen molar-refractivity contribution in [2.75, 3.05) is 19.7 Å². The Kier molecular flexibility index (Phi) is 7.69. The number of ether oxygens (including phenoxy) is 1. The summed E-state index contributed by atoms with van der Waals surface area (Å²) in [5.74, 6) is -0.723. The summed E-state index contributed by atoms with van der Waals surface area (Å²) in [6.45, 7) is 3.07. The molecule has 21 heavy (non-hydrogen) atoms. The SMILES string of the molecule is CCOC(=O)CC(=O)CN(CCC#N)Cc1cccnc1. The van der Waals surface area contributed by atoms with Crippen LogP contribution in [0.2, 0.25) is 0 Å². The highest BCUT2D eigenvalue weighted by Gasteiger charge is 2.15. The van der Waals surface area contributed by atoms with Gasteiger partial charge in [0.1, 0.15) is 6.42 Å². The number of nitriles is 1. The zero-order chi connectivity index (χ0) is 15.5. The quantitative estimate of drug-likeness (QED) is 0.503. The van der Waals surface area contributed by atoms with Crippen molar-refractivity contribution in [3.05, 3.63) is 30.1 Å². The molecular formula is C15H19N3O3. The van der Waals surface area contributed by atoms with Crippen LogP contribution in [0.1, 0.15) is 25.3 Å². The molecule has 0 radical (unpaired) electrons. The summed E-state index contributed by atoms with van der Waals surface area (Å²) >= 11 is 0. The molecule has 1 heterocycles. The Balaban J connectivity index is 2.55. The number of nitrogens with zero attached hydrogens (tertiary/aromatic N) is 3. The number of carbonyl (C=O) groups is 2. The molecule has 6 nitrogen and oxygen atoms in total. The highest BCUT2D eigenvalue weighted by atomic mass is 16.5. The fraction of sp³-hybridized carbons (Fsp3) is 0.467. The minimum atomic E-state index is -0.510. The monoisotopic (exact) mass is 289 g/mol. The van der Waals surface area contributed by atoms with Crippen LogP contribution in [0.3, 0.4) is 0 Å². The normalized spacial score (nSPS) is 10.1. The van der Waals surface area contributed by atoms with Gasteiger partial charge in [-0.05, 0) is 18.6 Å². The number of hydrogen-bond donors (Lipinski definition) is 0. The lowest BCUT2D eigenvalue weighted by Gasteiger charge is -2.20. The fourth-order valence-corrected chi connectivity index (χ4v) is 1.85. The van der Waals surface area contributed by atoms with Crippen LogP contribution in [0.25, 0.3) is 0 Å². The second kappa shape index (κ2) is 9.61. The van der Waals surface area contributed by atoms with Crippen molar-refractivity contribution in [3.8, 4) is 6.07 Å². The number of rotatable bonds is 9. The molecular weight excluding hydrogens is 270 g/mol. The molecule has 112 valence electrons. The van der Waals surface area contributed by atoms with Crippen molar-refractivity contribution in [1.82, 2.24) is 9.88 Å². The van der Waals surface area contributed by atoms with Crippen molar-refractivity contribution >= 4 is 11.8 Å². The molecule has 1 rings (SSSR count). The molecule has 1 aromatic heterocycles. The lowest BCUT2D eigenvalue weighted by molar-refractivity contribution is -0.145. The zero-order valence-electron chi connectivity index (χ0n) is 12.1. The first-order valence-electron chi connectivity index (χ1n) is 6.81. The lowest BCUT2D eigenvalue weighted by atomic mass is 10.2. The van der Waals surface area contributed by atoms with Gasteiger partial charge in [-0.2, -0.15) is 5.26 Å². The van der Waals surface area contributed by atoms with Crippen molar-refractivity contribution in [1.29, 1.82) is 5.26 Å². The first-order valence-corrected chi connectivity index (χ1v) is 6.81. The maximum absolute atomic E-state index is 11.9. The summed E-state index contributed by atoms with van der Waals surface area (Å²) in [7, 11) is 0. The second-order valence-corrected chi connectivity index (χ2v) is 4.50. The summed E-state index contributed by atoms with van der Waals surface area (Å²) in [5, 5.41) is 8.68. The van der Waals surface area contributed by atoms with Gasteiger partial charge in [0.2, 0.25) is 0 Å². The average Bonchev–Trinajstić information content (AvgIpc) is 2.46. The van der Waals surface area contributed by atoms with Crippen molar-refractivity contribution < 1.29 is 14.3 Å². The third-order valence-corrected chi connectivity index (χ3v) is 2.72. The molecule has 0 saturated heterocycles. The van der Waals surface area contributed by atoms with E-state index in [4.69, 9.17) is 10.00 Å². The van der Waals surface area contributed by atoms with E-state index in [2.05, 4.69) is 11.1 Å². The first kappa shape index (κ1) is 16.8. The number of esters is 1. The number of hydrogen-bond acceptors (Lipinski definition) is 6. The third-order valence-electron chi connectivity index (χ3n) is 2.72. The van der Waals surface area contributed by atoms with Gasteiger partial charge >= 0.3 is 5.97 Å². The molecule has 0 bridgehead atoms.